The lowest BCUT2D eigenvalue weighted by Crippen LogP contribution is -2.50. The van der Waals surface area contributed by atoms with Gasteiger partial charge in [0, 0.05) is 48.8 Å². The van der Waals surface area contributed by atoms with Gasteiger partial charge in [-0.1, -0.05) is 6.92 Å². The molecule has 0 aromatic rings. The van der Waals surface area contributed by atoms with Crippen molar-refractivity contribution in [2.75, 3.05) is 26.2 Å². The second kappa shape index (κ2) is 6.19. The first-order chi connectivity index (χ1) is 11.4. The quantitative estimate of drug-likeness (QED) is 0.800. The van der Waals surface area contributed by atoms with Crippen molar-refractivity contribution < 1.29 is 0 Å². The zero-order valence-corrected chi connectivity index (χ0v) is 17.6. The third kappa shape index (κ3) is 3.65. The van der Waals surface area contributed by atoms with Gasteiger partial charge in [-0.2, -0.15) is 0 Å². The number of nitrogens with zero attached hydrogens (tertiary/aromatic N) is 2. The van der Waals surface area contributed by atoms with Crippen LogP contribution in [0, 0.1) is 11.3 Å². The lowest BCUT2D eigenvalue weighted by atomic mass is 9.80. The number of hydrogen-bond donors (Lipinski definition) is 2. The van der Waals surface area contributed by atoms with Crippen LogP contribution in [0.1, 0.15) is 73.6 Å². The smallest absolute Gasteiger partial charge is 0.0267 e. The topological polar surface area (TPSA) is 58.5 Å². The maximum Gasteiger partial charge on any atom is 0.0267 e. The highest BCUT2D eigenvalue weighted by Crippen LogP contribution is 2.49. The summed E-state index contributed by atoms with van der Waals surface area (Å²) < 4.78 is 0. The van der Waals surface area contributed by atoms with Crippen molar-refractivity contribution in [1.82, 2.24) is 9.80 Å². The average molecular weight is 351 g/mol. The molecule has 4 atom stereocenters. The van der Waals surface area contributed by atoms with Gasteiger partial charge in [-0.15, -0.1) is 0 Å². The van der Waals surface area contributed by atoms with E-state index in [4.69, 9.17) is 11.5 Å². The minimum Gasteiger partial charge on any atom is -0.327 e. The summed E-state index contributed by atoms with van der Waals surface area (Å²) in [7, 11) is 0. The molecule has 1 aliphatic carbocycles. The number of hydrogen-bond acceptors (Lipinski definition) is 4. The van der Waals surface area contributed by atoms with Crippen molar-refractivity contribution in [3.63, 3.8) is 0 Å². The van der Waals surface area contributed by atoms with Crippen molar-refractivity contribution in [2.45, 2.75) is 96.3 Å². The molecule has 2 aliphatic heterocycles. The van der Waals surface area contributed by atoms with E-state index in [0.717, 1.165) is 25.4 Å². The molecule has 4 nitrogen and oxygen atoms in total. The fourth-order valence-electron chi connectivity index (χ4n) is 5.52. The molecule has 2 saturated heterocycles. The van der Waals surface area contributed by atoms with Crippen LogP contribution in [0.3, 0.4) is 0 Å². The molecule has 2 unspecified atom stereocenters. The normalized spacial score (nSPS) is 40.8. The Labute approximate surface area is 155 Å². The third-order valence-corrected chi connectivity index (χ3v) is 8.14. The van der Waals surface area contributed by atoms with Crippen molar-refractivity contribution >= 4 is 0 Å². The van der Waals surface area contributed by atoms with Crippen LogP contribution in [0.4, 0.5) is 0 Å². The summed E-state index contributed by atoms with van der Waals surface area (Å²) in [5, 5.41) is 0. The summed E-state index contributed by atoms with van der Waals surface area (Å²) in [6.07, 6.45) is 6.10. The van der Waals surface area contributed by atoms with E-state index in [1.165, 1.54) is 38.8 Å². The van der Waals surface area contributed by atoms with Crippen LogP contribution in [0.15, 0.2) is 0 Å². The Morgan fingerprint density at radius 1 is 0.960 bits per heavy atom. The van der Waals surface area contributed by atoms with E-state index in [-0.39, 0.29) is 16.6 Å². The zero-order valence-electron chi connectivity index (χ0n) is 17.6. The van der Waals surface area contributed by atoms with Gasteiger partial charge >= 0.3 is 0 Å². The highest BCUT2D eigenvalue weighted by molar-refractivity contribution is 5.07. The molecule has 0 bridgehead atoms. The van der Waals surface area contributed by atoms with Crippen LogP contribution >= 0.6 is 0 Å². The SMILES string of the molecule is CC1(N)CCN(C(C)(C)CCC(C)(C)N2C[C@H]3CCC(N)[C@@]3(C)C2)C1. The van der Waals surface area contributed by atoms with Crippen LogP contribution in [0.25, 0.3) is 0 Å². The fourth-order valence-corrected chi connectivity index (χ4v) is 5.52. The molecule has 1 saturated carbocycles. The van der Waals surface area contributed by atoms with Gasteiger partial charge in [0.2, 0.25) is 0 Å². The Morgan fingerprint density at radius 3 is 2.08 bits per heavy atom. The largest absolute Gasteiger partial charge is 0.327 e. The van der Waals surface area contributed by atoms with Crippen LogP contribution in [-0.4, -0.2) is 58.6 Å². The van der Waals surface area contributed by atoms with Crippen LogP contribution in [0.2, 0.25) is 0 Å². The van der Waals surface area contributed by atoms with Crippen LogP contribution in [0.5, 0.6) is 0 Å². The summed E-state index contributed by atoms with van der Waals surface area (Å²) >= 11 is 0. The number of nitrogens with two attached hydrogens (primary N) is 2. The van der Waals surface area contributed by atoms with Crippen LogP contribution < -0.4 is 11.5 Å². The Hall–Kier alpha value is -0.160. The first-order valence-corrected chi connectivity index (χ1v) is 10.4. The molecular formula is C21H42N4. The van der Waals surface area contributed by atoms with Gasteiger partial charge in [-0.05, 0) is 78.1 Å². The minimum atomic E-state index is -0.0100. The van der Waals surface area contributed by atoms with Crippen LogP contribution in [-0.2, 0) is 0 Å². The summed E-state index contributed by atoms with van der Waals surface area (Å²) in [6.45, 7) is 18.9. The number of fused-ring (bicyclic) bond motifs is 1. The first kappa shape index (κ1) is 19.6. The van der Waals surface area contributed by atoms with Crippen molar-refractivity contribution in [2.24, 2.45) is 22.8 Å². The number of likely N-dealkylation sites (tertiary alicyclic amines) is 2. The van der Waals surface area contributed by atoms with Gasteiger partial charge in [-0.3, -0.25) is 9.80 Å². The Morgan fingerprint density at radius 2 is 1.56 bits per heavy atom. The second-order valence-electron chi connectivity index (χ2n) is 11.2. The predicted molar refractivity (Wildman–Crippen MR) is 107 cm³/mol. The average Bonchev–Trinajstić information content (AvgIpc) is 3.11. The van der Waals surface area contributed by atoms with Gasteiger partial charge in [-0.25, -0.2) is 0 Å². The summed E-state index contributed by atoms with van der Waals surface area (Å²) in [5.41, 5.74) is 13.6. The first-order valence-electron chi connectivity index (χ1n) is 10.4. The molecule has 25 heavy (non-hydrogen) atoms. The van der Waals surface area contributed by atoms with E-state index in [2.05, 4.69) is 51.3 Å². The molecule has 0 radical (unpaired) electrons. The van der Waals surface area contributed by atoms with Crippen molar-refractivity contribution in [3.05, 3.63) is 0 Å². The monoisotopic (exact) mass is 350 g/mol. The van der Waals surface area contributed by atoms with E-state index in [1.54, 1.807) is 0 Å². The van der Waals surface area contributed by atoms with Gasteiger partial charge in [0.15, 0.2) is 0 Å². The van der Waals surface area contributed by atoms with E-state index < -0.39 is 0 Å². The van der Waals surface area contributed by atoms with Crippen molar-refractivity contribution in [1.29, 1.82) is 0 Å². The summed E-state index contributed by atoms with van der Waals surface area (Å²) in [4.78, 5) is 5.35. The molecular weight excluding hydrogens is 308 g/mol. The Bertz CT molecular complexity index is 498. The molecule has 0 aromatic carbocycles. The highest BCUT2D eigenvalue weighted by Gasteiger charge is 2.53. The highest BCUT2D eigenvalue weighted by atomic mass is 15.3. The molecule has 3 fully saturated rings. The van der Waals surface area contributed by atoms with Gasteiger partial charge in [0.05, 0.1) is 0 Å². The number of rotatable bonds is 5. The lowest BCUT2D eigenvalue weighted by molar-refractivity contribution is 0.0786. The fraction of sp³-hybridized carbons (Fsp3) is 1.00. The van der Waals surface area contributed by atoms with E-state index in [0.29, 0.717) is 11.5 Å². The summed E-state index contributed by atoms with van der Waals surface area (Å²) in [5.74, 6) is 0.798. The maximum absolute atomic E-state index is 6.47. The molecule has 2 heterocycles. The van der Waals surface area contributed by atoms with Crippen molar-refractivity contribution in [3.8, 4) is 0 Å². The summed E-state index contributed by atoms with van der Waals surface area (Å²) in [6, 6.07) is 0.390. The molecule has 4 N–H and O–H groups in total. The molecule has 0 aromatic heterocycles. The molecule has 4 heteroatoms. The molecule has 3 aliphatic rings. The second-order valence-corrected chi connectivity index (χ2v) is 11.2. The molecule has 0 amide bonds. The van der Waals surface area contributed by atoms with Gasteiger partial charge in [0.25, 0.3) is 0 Å². The zero-order chi connectivity index (χ0) is 18.7. The van der Waals surface area contributed by atoms with Gasteiger partial charge < -0.3 is 11.5 Å². The minimum absolute atomic E-state index is 0.0100. The predicted octanol–water partition coefficient (Wildman–Crippen LogP) is 2.81. The standard InChI is InChI=1S/C21H42N4/c1-18(2,24-12-11-20(5,23)14-24)9-10-19(3,4)25-13-16-7-8-17(22)21(16,6)15-25/h16-17H,7-15,22-23H2,1-6H3/t16-,17?,20?,21+/m1/s1. The van der Waals surface area contributed by atoms with Gasteiger partial charge in [0.1, 0.15) is 0 Å². The van der Waals surface area contributed by atoms with E-state index in [9.17, 15) is 0 Å². The molecule has 3 rings (SSSR count). The third-order valence-electron chi connectivity index (χ3n) is 8.14. The molecule has 146 valence electrons. The Kier molecular flexibility index (Phi) is 4.85. The molecule has 0 spiro atoms. The Balaban J connectivity index is 1.59. The van der Waals surface area contributed by atoms with E-state index in [1.807, 2.05) is 0 Å². The van der Waals surface area contributed by atoms with E-state index >= 15 is 0 Å². The maximum atomic E-state index is 6.47. The lowest BCUT2D eigenvalue weighted by Gasteiger charge is -2.42.